The third-order valence-corrected chi connectivity index (χ3v) is 4.10. The van der Waals surface area contributed by atoms with Crippen LogP contribution in [0.15, 0.2) is 41.5 Å². The second-order valence-electron chi connectivity index (χ2n) is 5.12. The van der Waals surface area contributed by atoms with Crippen LogP contribution < -0.4 is 15.2 Å². The Morgan fingerprint density at radius 2 is 2.00 bits per heavy atom. The first kappa shape index (κ1) is 18.0. The number of nitrogens with zero attached hydrogens (tertiary/aromatic N) is 5. The van der Waals surface area contributed by atoms with Gasteiger partial charge in [0.05, 0.1) is 23.4 Å². The van der Waals surface area contributed by atoms with Crippen LogP contribution in [0.1, 0.15) is 11.1 Å². The molecule has 0 radical (unpaired) electrons. The van der Waals surface area contributed by atoms with E-state index in [1.54, 1.807) is 37.6 Å². The predicted molar refractivity (Wildman–Crippen MR) is 99.0 cm³/mol. The molecule has 0 aliphatic carbocycles. The van der Waals surface area contributed by atoms with Gasteiger partial charge in [0, 0.05) is 0 Å². The monoisotopic (exact) mass is 392 g/mol. The lowest BCUT2D eigenvalue weighted by molar-refractivity contribution is 0.284. The Labute approximate surface area is 159 Å². The highest BCUT2D eigenvalue weighted by Crippen LogP contribution is 2.29. The molecule has 10 heteroatoms. The third-order valence-electron chi connectivity index (χ3n) is 3.36. The topological polar surface area (TPSA) is 100 Å². The van der Waals surface area contributed by atoms with Gasteiger partial charge in [-0.05, 0) is 51.9 Å². The van der Waals surface area contributed by atoms with Crippen molar-refractivity contribution in [2.24, 2.45) is 5.10 Å². The molecular weight excluding hydrogens is 379 g/mol. The Kier molecular flexibility index (Phi) is 5.55. The van der Waals surface area contributed by atoms with E-state index in [0.717, 1.165) is 15.9 Å². The molecule has 8 nitrogen and oxygen atoms in total. The molecule has 0 unspecified atom stereocenters. The maximum Gasteiger partial charge on any atom is 0.263 e. The van der Waals surface area contributed by atoms with Gasteiger partial charge in [-0.25, -0.2) is 0 Å². The number of nitrogens with two attached hydrogens (primary N) is 1. The number of rotatable bonds is 6. The van der Waals surface area contributed by atoms with Crippen molar-refractivity contribution in [3.8, 4) is 11.5 Å². The molecule has 1 aromatic heterocycles. The number of hydrogen-bond acceptors (Lipinski definition) is 7. The van der Waals surface area contributed by atoms with E-state index < -0.39 is 0 Å². The fraction of sp³-hybridized carbons (Fsp3) is 0.125. The summed E-state index contributed by atoms with van der Waals surface area (Å²) in [6.07, 6.45) is 1.55. The highest BCUT2D eigenvalue weighted by molar-refractivity contribution is 6.42. The highest BCUT2D eigenvalue weighted by Gasteiger charge is 2.07. The Balaban J connectivity index is 1.73. The maximum absolute atomic E-state index is 6.01. The zero-order valence-corrected chi connectivity index (χ0v) is 15.1. The number of aromatic nitrogens is 4. The summed E-state index contributed by atoms with van der Waals surface area (Å²) in [5.41, 5.74) is 7.20. The molecule has 0 fully saturated rings. The SMILES string of the molecule is COc1cc(C=Nn2nnnc2N)ccc1OCc1ccc(Cl)c(Cl)c1. The number of hydrogen-bond donors (Lipinski definition) is 1. The summed E-state index contributed by atoms with van der Waals surface area (Å²) in [6, 6.07) is 10.7. The van der Waals surface area contributed by atoms with E-state index in [1.165, 1.54) is 0 Å². The molecule has 0 atom stereocenters. The average Bonchev–Trinajstić information content (AvgIpc) is 3.06. The van der Waals surface area contributed by atoms with E-state index in [2.05, 4.69) is 20.6 Å². The molecule has 26 heavy (non-hydrogen) atoms. The summed E-state index contributed by atoms with van der Waals surface area (Å²) in [7, 11) is 1.56. The third kappa shape index (κ3) is 4.22. The summed E-state index contributed by atoms with van der Waals surface area (Å²) in [5, 5.41) is 15.6. The first-order valence-electron chi connectivity index (χ1n) is 7.40. The summed E-state index contributed by atoms with van der Waals surface area (Å²) < 4.78 is 11.2. The standard InChI is InChI=1S/C16H14Cl2N6O2/c1-25-15-7-10(8-20-24-16(19)21-22-23-24)3-5-14(15)26-9-11-2-4-12(17)13(18)6-11/h2-8H,9H2,1H3,(H2,19,21,23). The maximum atomic E-state index is 6.01. The summed E-state index contributed by atoms with van der Waals surface area (Å²) >= 11 is 11.9. The smallest absolute Gasteiger partial charge is 0.263 e. The van der Waals surface area contributed by atoms with Gasteiger partial charge in [-0.3, -0.25) is 0 Å². The molecule has 3 aromatic rings. The number of halogens is 2. The Morgan fingerprint density at radius 1 is 1.15 bits per heavy atom. The van der Waals surface area contributed by atoms with Gasteiger partial charge < -0.3 is 15.2 Å². The quantitative estimate of drug-likeness (QED) is 0.646. The van der Waals surface area contributed by atoms with Crippen molar-refractivity contribution in [2.45, 2.75) is 6.61 Å². The molecule has 0 aliphatic rings. The van der Waals surface area contributed by atoms with Crippen molar-refractivity contribution in [3.63, 3.8) is 0 Å². The lowest BCUT2D eigenvalue weighted by atomic mass is 10.2. The fourth-order valence-corrected chi connectivity index (χ4v) is 2.39. The Hall–Kier alpha value is -2.84. The Morgan fingerprint density at radius 3 is 2.69 bits per heavy atom. The number of methoxy groups -OCH3 is 1. The molecule has 2 N–H and O–H groups in total. The van der Waals surface area contributed by atoms with Crippen molar-refractivity contribution >= 4 is 35.4 Å². The predicted octanol–water partition coefficient (Wildman–Crippen LogP) is 3.03. The summed E-state index contributed by atoms with van der Waals surface area (Å²) in [4.78, 5) is 1.11. The summed E-state index contributed by atoms with van der Waals surface area (Å²) in [6.45, 7) is 0.321. The van der Waals surface area contributed by atoms with E-state index in [4.69, 9.17) is 38.4 Å². The van der Waals surface area contributed by atoms with E-state index in [0.29, 0.717) is 28.2 Å². The van der Waals surface area contributed by atoms with Crippen LogP contribution in [0.2, 0.25) is 10.0 Å². The summed E-state index contributed by atoms with van der Waals surface area (Å²) in [5.74, 6) is 1.23. The second kappa shape index (κ2) is 8.03. The van der Waals surface area contributed by atoms with Gasteiger partial charge in [-0.2, -0.15) is 5.10 Å². The molecule has 1 heterocycles. The lowest BCUT2D eigenvalue weighted by Gasteiger charge is -2.11. The number of tetrazole rings is 1. The largest absolute Gasteiger partial charge is 0.493 e. The van der Waals surface area contributed by atoms with Gasteiger partial charge >= 0.3 is 0 Å². The minimum Gasteiger partial charge on any atom is -0.493 e. The van der Waals surface area contributed by atoms with E-state index >= 15 is 0 Å². The minimum absolute atomic E-state index is 0.0924. The Bertz CT molecular complexity index is 944. The molecule has 0 aliphatic heterocycles. The number of anilines is 1. The zero-order valence-electron chi connectivity index (χ0n) is 13.6. The number of ether oxygens (including phenoxy) is 2. The normalized spacial score (nSPS) is 11.0. The van der Waals surface area contributed by atoms with Gasteiger partial charge in [0.15, 0.2) is 11.5 Å². The molecule has 0 bridgehead atoms. The van der Waals surface area contributed by atoms with Crippen LogP contribution in [0.25, 0.3) is 0 Å². The molecule has 134 valence electrons. The molecule has 2 aromatic carbocycles. The highest BCUT2D eigenvalue weighted by atomic mass is 35.5. The molecule has 0 spiro atoms. The first-order chi connectivity index (χ1) is 12.6. The minimum atomic E-state index is 0.0924. The molecule has 0 saturated heterocycles. The first-order valence-corrected chi connectivity index (χ1v) is 8.15. The van der Waals surface area contributed by atoms with Crippen LogP contribution >= 0.6 is 23.2 Å². The van der Waals surface area contributed by atoms with Crippen LogP contribution in [0.5, 0.6) is 11.5 Å². The van der Waals surface area contributed by atoms with Crippen molar-refractivity contribution in [2.75, 3.05) is 12.8 Å². The van der Waals surface area contributed by atoms with Crippen LogP contribution in [-0.2, 0) is 6.61 Å². The van der Waals surface area contributed by atoms with Crippen LogP contribution in [0.4, 0.5) is 5.95 Å². The second-order valence-corrected chi connectivity index (χ2v) is 5.93. The van der Waals surface area contributed by atoms with E-state index in [9.17, 15) is 0 Å². The molecular formula is C16H14Cl2N6O2. The van der Waals surface area contributed by atoms with Gasteiger partial charge in [0.1, 0.15) is 6.61 Å². The zero-order chi connectivity index (χ0) is 18.5. The average molecular weight is 393 g/mol. The number of benzene rings is 2. The van der Waals surface area contributed by atoms with Crippen LogP contribution in [0.3, 0.4) is 0 Å². The van der Waals surface area contributed by atoms with Crippen molar-refractivity contribution in [1.29, 1.82) is 0 Å². The fourth-order valence-electron chi connectivity index (χ4n) is 2.07. The van der Waals surface area contributed by atoms with Crippen LogP contribution in [-0.4, -0.2) is 33.6 Å². The molecule has 0 amide bonds. The van der Waals surface area contributed by atoms with Crippen molar-refractivity contribution in [3.05, 3.63) is 57.6 Å². The van der Waals surface area contributed by atoms with E-state index in [-0.39, 0.29) is 5.95 Å². The van der Waals surface area contributed by atoms with Crippen molar-refractivity contribution in [1.82, 2.24) is 20.3 Å². The van der Waals surface area contributed by atoms with Crippen molar-refractivity contribution < 1.29 is 9.47 Å². The number of nitrogen functional groups attached to an aromatic ring is 1. The van der Waals surface area contributed by atoms with Crippen LogP contribution in [0, 0.1) is 0 Å². The lowest BCUT2D eigenvalue weighted by Crippen LogP contribution is -2.00. The molecule has 3 rings (SSSR count). The molecule has 0 saturated carbocycles. The van der Waals surface area contributed by atoms with Gasteiger partial charge in [-0.1, -0.05) is 39.2 Å². The van der Waals surface area contributed by atoms with Gasteiger partial charge in [0.2, 0.25) is 0 Å². The van der Waals surface area contributed by atoms with Gasteiger partial charge in [0.25, 0.3) is 5.95 Å². The van der Waals surface area contributed by atoms with E-state index in [1.807, 2.05) is 12.1 Å². The van der Waals surface area contributed by atoms with Gasteiger partial charge in [-0.15, -0.1) is 0 Å².